The van der Waals surface area contributed by atoms with Crippen molar-refractivity contribution in [3.8, 4) is 5.75 Å². The largest absolute Gasteiger partial charge is 0.496 e. The first-order chi connectivity index (χ1) is 18.6. The van der Waals surface area contributed by atoms with E-state index in [-0.39, 0.29) is 18.6 Å². The van der Waals surface area contributed by atoms with Gasteiger partial charge in [-0.25, -0.2) is 4.79 Å². The van der Waals surface area contributed by atoms with Crippen molar-refractivity contribution < 1.29 is 28.6 Å². The molecule has 3 aromatic rings. The number of esters is 1. The maximum absolute atomic E-state index is 12.8. The maximum Gasteiger partial charge on any atom is 0.411 e. The normalized spacial score (nSPS) is 13.8. The second-order valence-electron chi connectivity index (χ2n) is 10.7. The molecule has 0 bridgehead atoms. The van der Waals surface area contributed by atoms with Gasteiger partial charge >= 0.3 is 12.1 Å². The van der Waals surface area contributed by atoms with Gasteiger partial charge in [0.05, 0.1) is 19.6 Å². The van der Waals surface area contributed by atoms with Crippen LogP contribution in [0.5, 0.6) is 5.75 Å². The lowest BCUT2D eigenvalue weighted by Gasteiger charge is -2.21. The molecule has 1 aliphatic rings. The van der Waals surface area contributed by atoms with E-state index in [2.05, 4.69) is 16.8 Å². The summed E-state index contributed by atoms with van der Waals surface area (Å²) in [5.41, 5.74) is 3.26. The van der Waals surface area contributed by atoms with Crippen LogP contribution in [0.25, 0.3) is 10.9 Å². The molecule has 1 saturated carbocycles. The van der Waals surface area contributed by atoms with E-state index in [0.717, 1.165) is 47.7 Å². The van der Waals surface area contributed by atoms with E-state index in [9.17, 15) is 14.4 Å². The number of hydrogen-bond acceptors (Lipinski definition) is 6. The molecule has 208 valence electrons. The lowest BCUT2D eigenvalue weighted by Crippen LogP contribution is -2.39. The van der Waals surface area contributed by atoms with E-state index in [1.165, 1.54) is 7.11 Å². The van der Waals surface area contributed by atoms with Crippen LogP contribution in [0.15, 0.2) is 42.6 Å². The number of fused-ring (bicyclic) bond motifs is 1. The standard InChI is InChI=1S/C30H37N3O6/c1-30(2,28(35)38-5)18-31-27(34)20-11-10-19(26(15-20)37-4)14-21-17-33(3)25-13-12-22(16-24(21)25)32-29(36)39-23-8-6-7-9-23/h10-13,15-17,23H,6-9,14,18H2,1-5H3,(H,31,34)(H,32,36). The highest BCUT2D eigenvalue weighted by atomic mass is 16.6. The summed E-state index contributed by atoms with van der Waals surface area (Å²) >= 11 is 0. The van der Waals surface area contributed by atoms with Crippen molar-refractivity contribution in [3.63, 3.8) is 0 Å². The lowest BCUT2D eigenvalue weighted by molar-refractivity contribution is -0.150. The summed E-state index contributed by atoms with van der Waals surface area (Å²) in [4.78, 5) is 37.1. The molecule has 2 N–H and O–H groups in total. The van der Waals surface area contributed by atoms with Crippen LogP contribution >= 0.6 is 0 Å². The van der Waals surface area contributed by atoms with Gasteiger partial charge in [-0.15, -0.1) is 0 Å². The number of anilines is 1. The number of aryl methyl sites for hydroxylation is 1. The highest BCUT2D eigenvalue weighted by molar-refractivity contribution is 5.95. The third kappa shape index (κ3) is 6.53. The first kappa shape index (κ1) is 28.0. The Kier molecular flexibility index (Phi) is 8.47. The molecule has 9 nitrogen and oxygen atoms in total. The minimum Gasteiger partial charge on any atom is -0.496 e. The molecule has 0 radical (unpaired) electrons. The van der Waals surface area contributed by atoms with Gasteiger partial charge in [0, 0.05) is 48.4 Å². The summed E-state index contributed by atoms with van der Waals surface area (Å²) < 4.78 is 18.0. The summed E-state index contributed by atoms with van der Waals surface area (Å²) in [7, 11) is 4.88. The molecule has 0 atom stereocenters. The molecule has 2 amide bonds. The van der Waals surface area contributed by atoms with Gasteiger partial charge in [0.1, 0.15) is 11.9 Å². The van der Waals surface area contributed by atoms with Crippen molar-refractivity contribution in [2.75, 3.05) is 26.1 Å². The fourth-order valence-electron chi connectivity index (χ4n) is 4.99. The Hall–Kier alpha value is -4.01. The summed E-state index contributed by atoms with van der Waals surface area (Å²) in [6, 6.07) is 11.1. The van der Waals surface area contributed by atoms with E-state index in [0.29, 0.717) is 23.4 Å². The number of benzene rings is 2. The van der Waals surface area contributed by atoms with Crippen molar-refractivity contribution in [1.29, 1.82) is 0 Å². The first-order valence-electron chi connectivity index (χ1n) is 13.2. The van der Waals surface area contributed by atoms with E-state index in [1.54, 1.807) is 33.1 Å². The van der Waals surface area contributed by atoms with Crippen LogP contribution < -0.4 is 15.4 Å². The van der Waals surface area contributed by atoms with Crippen LogP contribution in [0.2, 0.25) is 0 Å². The molecular weight excluding hydrogens is 498 g/mol. The fraction of sp³-hybridized carbons (Fsp3) is 0.433. The maximum atomic E-state index is 12.8. The number of ether oxygens (including phenoxy) is 3. The number of methoxy groups -OCH3 is 2. The number of aromatic nitrogens is 1. The van der Waals surface area contributed by atoms with Crippen LogP contribution in [0.3, 0.4) is 0 Å². The van der Waals surface area contributed by atoms with E-state index in [1.807, 2.05) is 35.9 Å². The van der Waals surface area contributed by atoms with Gasteiger partial charge in [-0.3, -0.25) is 14.9 Å². The van der Waals surface area contributed by atoms with Gasteiger partial charge in [-0.2, -0.15) is 0 Å². The van der Waals surface area contributed by atoms with Gasteiger partial charge in [0.2, 0.25) is 0 Å². The zero-order valence-electron chi connectivity index (χ0n) is 23.3. The molecule has 1 fully saturated rings. The third-order valence-electron chi connectivity index (χ3n) is 7.25. The highest BCUT2D eigenvalue weighted by Crippen LogP contribution is 2.30. The summed E-state index contributed by atoms with van der Waals surface area (Å²) in [5, 5.41) is 6.68. The van der Waals surface area contributed by atoms with Crippen molar-refractivity contribution >= 4 is 34.6 Å². The second kappa shape index (κ2) is 11.8. The highest BCUT2D eigenvalue weighted by Gasteiger charge is 2.29. The van der Waals surface area contributed by atoms with Crippen molar-refractivity contribution in [2.24, 2.45) is 12.5 Å². The zero-order valence-corrected chi connectivity index (χ0v) is 23.3. The molecule has 0 spiro atoms. The Bertz CT molecular complexity index is 1370. The molecule has 1 aliphatic carbocycles. The summed E-state index contributed by atoms with van der Waals surface area (Å²) in [5.74, 6) is -0.113. The second-order valence-corrected chi connectivity index (χ2v) is 10.7. The molecule has 0 unspecified atom stereocenters. The smallest absolute Gasteiger partial charge is 0.411 e. The number of carbonyl (C=O) groups excluding carboxylic acids is 3. The molecule has 1 aromatic heterocycles. The van der Waals surface area contributed by atoms with Gasteiger partial charge in [-0.05, 0) is 81.0 Å². The number of rotatable bonds is 9. The van der Waals surface area contributed by atoms with Crippen LogP contribution in [-0.2, 0) is 27.7 Å². The van der Waals surface area contributed by atoms with E-state index >= 15 is 0 Å². The number of carbonyl (C=O) groups is 3. The van der Waals surface area contributed by atoms with Crippen molar-refractivity contribution in [2.45, 2.75) is 52.1 Å². The van der Waals surface area contributed by atoms with Gasteiger partial charge < -0.3 is 24.1 Å². The fourth-order valence-corrected chi connectivity index (χ4v) is 4.99. The molecule has 0 saturated heterocycles. The molecule has 0 aliphatic heterocycles. The predicted molar refractivity (Wildman–Crippen MR) is 149 cm³/mol. The quantitative estimate of drug-likeness (QED) is 0.365. The Morgan fingerprint density at radius 3 is 2.46 bits per heavy atom. The Labute approximate surface area is 228 Å². The van der Waals surface area contributed by atoms with Crippen molar-refractivity contribution in [3.05, 3.63) is 59.3 Å². The molecule has 9 heteroatoms. The number of amides is 2. The van der Waals surface area contributed by atoms with Crippen LogP contribution in [0.1, 0.15) is 61.0 Å². The average molecular weight is 536 g/mol. The number of nitrogens with zero attached hydrogens (tertiary/aromatic N) is 1. The number of hydrogen-bond donors (Lipinski definition) is 2. The average Bonchev–Trinajstić information content (AvgIpc) is 3.54. The minimum absolute atomic E-state index is 0.00197. The Morgan fingerprint density at radius 2 is 1.77 bits per heavy atom. The summed E-state index contributed by atoms with van der Waals surface area (Å²) in [6.07, 6.45) is 6.22. The SMILES string of the molecule is COC(=O)C(C)(C)CNC(=O)c1ccc(Cc2cn(C)c3ccc(NC(=O)OC4CCCC4)cc23)c(OC)c1. The number of nitrogens with one attached hydrogen (secondary N) is 2. The molecule has 4 rings (SSSR count). The lowest BCUT2D eigenvalue weighted by atomic mass is 9.93. The van der Waals surface area contributed by atoms with Crippen LogP contribution in [0, 0.1) is 5.41 Å². The molecule has 39 heavy (non-hydrogen) atoms. The zero-order chi connectivity index (χ0) is 28.2. The Morgan fingerprint density at radius 1 is 1.03 bits per heavy atom. The van der Waals surface area contributed by atoms with Gasteiger partial charge in [0.15, 0.2) is 0 Å². The minimum atomic E-state index is -0.843. The molecule has 1 heterocycles. The monoisotopic (exact) mass is 535 g/mol. The first-order valence-corrected chi connectivity index (χ1v) is 13.2. The topological polar surface area (TPSA) is 108 Å². The van der Waals surface area contributed by atoms with E-state index < -0.39 is 17.5 Å². The molecule has 2 aromatic carbocycles. The third-order valence-corrected chi connectivity index (χ3v) is 7.25. The molecular formula is C30H37N3O6. The predicted octanol–water partition coefficient (Wildman–Crippen LogP) is 5.20. The van der Waals surface area contributed by atoms with Gasteiger partial charge in [0.25, 0.3) is 5.91 Å². The Balaban J connectivity index is 1.50. The van der Waals surface area contributed by atoms with Crippen LogP contribution in [0.4, 0.5) is 10.5 Å². The van der Waals surface area contributed by atoms with Gasteiger partial charge in [-0.1, -0.05) is 6.07 Å². The van der Waals surface area contributed by atoms with E-state index in [4.69, 9.17) is 14.2 Å². The van der Waals surface area contributed by atoms with Crippen molar-refractivity contribution in [1.82, 2.24) is 9.88 Å². The van der Waals surface area contributed by atoms with Crippen LogP contribution in [-0.4, -0.2) is 49.4 Å². The summed E-state index contributed by atoms with van der Waals surface area (Å²) in [6.45, 7) is 3.57.